The predicted octanol–water partition coefficient (Wildman–Crippen LogP) is 4.79. The van der Waals surface area contributed by atoms with Gasteiger partial charge in [0.1, 0.15) is 0 Å². The lowest BCUT2D eigenvalue weighted by atomic mass is 9.92. The largest absolute Gasteiger partial charge is 0.334 e. The molecule has 3 rings (SSSR count). The Hall–Kier alpha value is -0.790. The molecule has 4 nitrogen and oxygen atoms in total. The topological polar surface area (TPSA) is 59.2 Å². The van der Waals surface area contributed by atoms with Gasteiger partial charge in [0.15, 0.2) is 0 Å². The van der Waals surface area contributed by atoms with Crippen LogP contribution in [0.4, 0.5) is 0 Å². The van der Waals surface area contributed by atoms with Crippen molar-refractivity contribution in [3.63, 3.8) is 0 Å². The number of thioether (sulfide) groups is 1. The molecule has 1 aliphatic heterocycles. The maximum absolute atomic E-state index is 12.8. The van der Waals surface area contributed by atoms with Gasteiger partial charge in [-0.15, -0.1) is 47.9 Å². The van der Waals surface area contributed by atoms with E-state index in [4.69, 9.17) is 5.73 Å². The van der Waals surface area contributed by atoms with E-state index in [1.165, 1.54) is 0 Å². The lowest BCUT2D eigenvalue weighted by molar-refractivity contribution is 0.0573. The molecule has 0 spiro atoms. The Kier molecular flexibility index (Phi) is 10.1. The number of amides is 1. The van der Waals surface area contributed by atoms with Crippen LogP contribution in [0.3, 0.4) is 0 Å². The number of halogens is 2. The molecule has 2 atom stereocenters. The zero-order chi connectivity index (χ0) is 17.8. The van der Waals surface area contributed by atoms with Crippen molar-refractivity contribution in [2.45, 2.75) is 43.4 Å². The molecule has 1 amide bonds. The van der Waals surface area contributed by atoms with Gasteiger partial charge < -0.3 is 10.6 Å². The van der Waals surface area contributed by atoms with Gasteiger partial charge in [0.05, 0.1) is 10.7 Å². The number of benzene rings is 1. The number of carbonyl (C=O) groups is 1. The van der Waals surface area contributed by atoms with E-state index in [1.807, 2.05) is 36.1 Å². The van der Waals surface area contributed by atoms with Gasteiger partial charge in [-0.25, -0.2) is 4.98 Å². The minimum atomic E-state index is 0. The van der Waals surface area contributed by atoms with Gasteiger partial charge in [0.2, 0.25) is 0 Å². The van der Waals surface area contributed by atoms with Crippen molar-refractivity contribution in [3.05, 3.63) is 45.9 Å². The number of hydrogen-bond acceptors (Lipinski definition) is 5. The highest BCUT2D eigenvalue weighted by molar-refractivity contribution is 7.98. The summed E-state index contributed by atoms with van der Waals surface area (Å²) in [6.45, 7) is 5.61. The van der Waals surface area contributed by atoms with Crippen LogP contribution in [0.1, 0.15) is 40.8 Å². The first-order chi connectivity index (χ1) is 12.1. The molecule has 2 aromatic rings. The van der Waals surface area contributed by atoms with Crippen LogP contribution in [-0.2, 0) is 5.75 Å². The molecule has 0 bridgehead atoms. The normalized spacial score (nSPS) is 19.1. The first-order valence-electron chi connectivity index (χ1n) is 8.71. The zero-order valence-corrected chi connectivity index (χ0v) is 18.9. The third-order valence-corrected chi connectivity index (χ3v) is 6.53. The summed E-state index contributed by atoms with van der Waals surface area (Å²) < 4.78 is 0. The summed E-state index contributed by atoms with van der Waals surface area (Å²) in [5, 5.41) is 3.20. The average molecular weight is 448 g/mol. The van der Waals surface area contributed by atoms with Gasteiger partial charge in [0, 0.05) is 40.7 Å². The summed E-state index contributed by atoms with van der Waals surface area (Å²) in [6.07, 6.45) is 2.06. The van der Waals surface area contributed by atoms with Crippen LogP contribution in [0.25, 0.3) is 0 Å². The molecule has 0 saturated carbocycles. The Labute approximate surface area is 182 Å². The Morgan fingerprint density at radius 1 is 1.33 bits per heavy atom. The number of piperidine rings is 1. The Balaban J connectivity index is 0.00000182. The van der Waals surface area contributed by atoms with E-state index in [0.29, 0.717) is 12.5 Å². The molecule has 150 valence electrons. The molecule has 0 radical (unpaired) electrons. The third kappa shape index (κ3) is 6.36. The number of thiazole rings is 1. The summed E-state index contributed by atoms with van der Waals surface area (Å²) in [6, 6.07) is 8.09. The molecule has 2 N–H and O–H groups in total. The highest BCUT2D eigenvalue weighted by atomic mass is 35.5. The van der Waals surface area contributed by atoms with Crippen LogP contribution in [0.2, 0.25) is 0 Å². The van der Waals surface area contributed by atoms with E-state index in [-0.39, 0.29) is 36.8 Å². The summed E-state index contributed by atoms with van der Waals surface area (Å²) >= 11 is 3.43. The summed E-state index contributed by atoms with van der Waals surface area (Å²) in [5.41, 5.74) is 7.75. The quantitative estimate of drug-likeness (QED) is 0.669. The van der Waals surface area contributed by atoms with E-state index < -0.39 is 0 Å². The third-order valence-electron chi connectivity index (χ3n) is 4.67. The Morgan fingerprint density at radius 3 is 2.63 bits per heavy atom. The summed E-state index contributed by atoms with van der Waals surface area (Å²) in [5.74, 6) is 1.61. The van der Waals surface area contributed by atoms with Gasteiger partial charge in [-0.1, -0.05) is 6.92 Å². The maximum Gasteiger partial charge on any atom is 0.254 e. The van der Waals surface area contributed by atoms with Crippen LogP contribution >= 0.6 is 47.9 Å². The van der Waals surface area contributed by atoms with Gasteiger partial charge >= 0.3 is 0 Å². The fourth-order valence-electron chi connectivity index (χ4n) is 3.23. The van der Waals surface area contributed by atoms with Gasteiger partial charge in [0.25, 0.3) is 5.91 Å². The molecule has 27 heavy (non-hydrogen) atoms. The molecule has 1 aromatic heterocycles. The summed E-state index contributed by atoms with van der Waals surface area (Å²) in [4.78, 5) is 20.4. The zero-order valence-electron chi connectivity index (χ0n) is 15.6. The van der Waals surface area contributed by atoms with Gasteiger partial charge in [-0.3, -0.25) is 4.79 Å². The number of carbonyl (C=O) groups excluding carboxylic acids is 1. The number of nitrogens with zero attached hydrogens (tertiary/aromatic N) is 2. The molecule has 1 aliphatic rings. The van der Waals surface area contributed by atoms with Crippen molar-refractivity contribution >= 4 is 53.8 Å². The minimum absolute atomic E-state index is 0. The second kappa shape index (κ2) is 11.3. The van der Waals surface area contributed by atoms with Crippen molar-refractivity contribution in [1.82, 2.24) is 9.88 Å². The average Bonchev–Trinajstić information content (AvgIpc) is 3.05. The van der Waals surface area contributed by atoms with Crippen molar-refractivity contribution in [2.24, 2.45) is 11.7 Å². The smallest absolute Gasteiger partial charge is 0.254 e. The minimum Gasteiger partial charge on any atom is -0.334 e. The van der Waals surface area contributed by atoms with Crippen LogP contribution in [0.15, 0.2) is 34.5 Å². The predicted molar refractivity (Wildman–Crippen MR) is 120 cm³/mol. The molecular formula is C19H27Cl2N3OS2. The maximum atomic E-state index is 12.8. The number of hydrogen-bond donors (Lipinski definition) is 1. The highest BCUT2D eigenvalue weighted by Gasteiger charge is 2.29. The SMILES string of the molecule is Cc1nc(CSc2ccc(C(=O)N3CCC(C)CC3CN)cc2)cs1.Cl.Cl. The van der Waals surface area contributed by atoms with E-state index in [1.54, 1.807) is 23.1 Å². The number of nitrogens with two attached hydrogens (primary N) is 1. The molecule has 1 fully saturated rings. The van der Waals surface area contributed by atoms with Crippen LogP contribution in [0, 0.1) is 12.8 Å². The highest BCUT2D eigenvalue weighted by Crippen LogP contribution is 2.26. The van der Waals surface area contributed by atoms with Crippen molar-refractivity contribution in [2.75, 3.05) is 13.1 Å². The molecule has 8 heteroatoms. The van der Waals surface area contributed by atoms with Crippen molar-refractivity contribution < 1.29 is 4.79 Å². The number of aromatic nitrogens is 1. The van der Waals surface area contributed by atoms with Crippen molar-refractivity contribution in [1.29, 1.82) is 0 Å². The molecular weight excluding hydrogens is 421 g/mol. The van der Waals surface area contributed by atoms with Crippen LogP contribution < -0.4 is 5.73 Å². The van der Waals surface area contributed by atoms with Crippen LogP contribution in [0.5, 0.6) is 0 Å². The molecule has 1 saturated heterocycles. The summed E-state index contributed by atoms with van der Waals surface area (Å²) in [7, 11) is 0. The lowest BCUT2D eigenvalue weighted by Crippen LogP contribution is -2.49. The van der Waals surface area contributed by atoms with Crippen molar-refractivity contribution in [3.8, 4) is 0 Å². The number of aryl methyl sites for hydroxylation is 1. The second-order valence-corrected chi connectivity index (χ2v) is 8.80. The first-order valence-corrected chi connectivity index (χ1v) is 10.6. The Bertz CT molecular complexity index is 724. The molecule has 1 aromatic carbocycles. The van der Waals surface area contributed by atoms with E-state index in [9.17, 15) is 4.79 Å². The first kappa shape index (κ1) is 24.2. The van der Waals surface area contributed by atoms with Gasteiger partial charge in [-0.05, 0) is 49.9 Å². The Morgan fingerprint density at radius 2 is 2.04 bits per heavy atom. The fraction of sp³-hybridized carbons (Fsp3) is 0.474. The monoisotopic (exact) mass is 447 g/mol. The number of rotatable bonds is 5. The second-order valence-electron chi connectivity index (χ2n) is 6.69. The fourth-order valence-corrected chi connectivity index (χ4v) is 4.74. The molecule has 2 unspecified atom stereocenters. The van der Waals surface area contributed by atoms with Gasteiger partial charge in [-0.2, -0.15) is 0 Å². The molecule has 2 heterocycles. The van der Waals surface area contributed by atoms with Crippen LogP contribution in [-0.4, -0.2) is 34.9 Å². The van der Waals surface area contributed by atoms with E-state index in [0.717, 1.165) is 46.3 Å². The van der Waals surface area contributed by atoms with E-state index in [2.05, 4.69) is 17.3 Å². The lowest BCUT2D eigenvalue weighted by Gasteiger charge is -2.38. The van der Waals surface area contributed by atoms with E-state index >= 15 is 0 Å². The number of likely N-dealkylation sites (tertiary alicyclic amines) is 1. The standard InChI is InChI=1S/C19H25N3OS2.2ClH/c1-13-7-8-22(17(9-13)10-20)19(23)15-3-5-18(6-4-15)25-12-16-11-24-14(2)21-16;;/h3-6,11,13,17H,7-10,12,20H2,1-2H3;2*1H. The molecule has 0 aliphatic carbocycles.